The molecule has 1 aromatic heterocycles. The van der Waals surface area contributed by atoms with E-state index in [4.69, 9.17) is 4.74 Å². The first-order valence-corrected chi connectivity index (χ1v) is 14.4. The smallest absolute Gasteiger partial charge is 0.329 e. The van der Waals surface area contributed by atoms with Crippen molar-refractivity contribution < 1.29 is 28.7 Å². The third-order valence-electron chi connectivity index (χ3n) is 5.37. The number of thioether (sulfide) groups is 2. The second-order valence-electron chi connectivity index (χ2n) is 8.75. The normalized spacial score (nSPS) is 20.7. The number of aromatic nitrogens is 1. The Morgan fingerprint density at radius 1 is 1.21 bits per heavy atom. The summed E-state index contributed by atoms with van der Waals surface area (Å²) in [6.45, 7) is 6.62. The molecule has 0 spiro atoms. The summed E-state index contributed by atoms with van der Waals surface area (Å²) in [6, 6.07) is 2.32. The number of nitrogens with zero attached hydrogens (tertiary/aromatic N) is 1. The molecular formula is C26H34N4O6S2. The van der Waals surface area contributed by atoms with Crippen LogP contribution in [0.3, 0.4) is 0 Å². The number of pyridine rings is 1. The van der Waals surface area contributed by atoms with Gasteiger partial charge in [0, 0.05) is 17.6 Å². The zero-order valence-electron chi connectivity index (χ0n) is 22.2. The number of ether oxygens (including phenoxy) is 1. The van der Waals surface area contributed by atoms with Crippen LogP contribution in [0.4, 0.5) is 0 Å². The van der Waals surface area contributed by atoms with Gasteiger partial charge >= 0.3 is 5.97 Å². The van der Waals surface area contributed by atoms with Gasteiger partial charge in [0.15, 0.2) is 5.12 Å². The molecule has 2 heterocycles. The Kier molecular flexibility index (Phi) is 12.5. The van der Waals surface area contributed by atoms with E-state index in [1.807, 2.05) is 6.26 Å². The summed E-state index contributed by atoms with van der Waals surface area (Å²) in [6.07, 6.45) is 6.15. The van der Waals surface area contributed by atoms with Crippen LogP contribution in [0.1, 0.15) is 56.7 Å². The van der Waals surface area contributed by atoms with Crippen molar-refractivity contribution in [3.63, 3.8) is 0 Å². The number of amides is 3. The first kappa shape index (κ1) is 31.1. The zero-order chi connectivity index (χ0) is 28.2. The Morgan fingerprint density at radius 3 is 2.58 bits per heavy atom. The average molecular weight is 563 g/mol. The lowest BCUT2D eigenvalue weighted by atomic mass is 10.0. The number of nitrogens with one attached hydrogen (secondary N) is 3. The lowest BCUT2D eigenvalue weighted by Gasteiger charge is -2.24. The molecule has 0 aromatic carbocycles. The fourth-order valence-electron chi connectivity index (χ4n) is 3.38. The standard InChI is InChI=1S/C26H34N4O6S2/c1-6-20-24(33)30-23(15(2)3)26(35)36-18(9-7-8-10-38-16(4)31)12-22(32)27-14-17-11-19(37-5)13-21(28-17)25(34)29-20/h6-7,9,11,13,15,18,23H,8,10,12,14H2,1-5H3,(H,27,32)(H,29,34)(H,30,33)/b9-7+,20-6-/t18-,23+/m1/s1. The Balaban J connectivity index is 2.40. The van der Waals surface area contributed by atoms with Crippen molar-refractivity contribution in [1.82, 2.24) is 20.9 Å². The third kappa shape index (κ3) is 9.97. The highest BCUT2D eigenvalue weighted by atomic mass is 32.2. The van der Waals surface area contributed by atoms with Crippen LogP contribution in [-0.2, 0) is 30.5 Å². The fourth-order valence-corrected chi connectivity index (χ4v) is 4.41. The van der Waals surface area contributed by atoms with Crippen LogP contribution in [0.5, 0.6) is 0 Å². The van der Waals surface area contributed by atoms with E-state index in [2.05, 4.69) is 20.9 Å². The van der Waals surface area contributed by atoms with E-state index in [0.29, 0.717) is 17.9 Å². The van der Waals surface area contributed by atoms with Crippen LogP contribution in [0.2, 0.25) is 0 Å². The molecule has 10 nitrogen and oxygen atoms in total. The van der Waals surface area contributed by atoms with Crippen molar-refractivity contribution in [1.29, 1.82) is 0 Å². The number of hydrogen-bond donors (Lipinski definition) is 3. The summed E-state index contributed by atoms with van der Waals surface area (Å²) in [5.41, 5.74) is 0.509. The molecule has 1 aliphatic heterocycles. The molecule has 3 N–H and O–H groups in total. The lowest BCUT2D eigenvalue weighted by molar-refractivity contribution is -0.153. The summed E-state index contributed by atoms with van der Waals surface area (Å²) in [5, 5.41) is 7.96. The van der Waals surface area contributed by atoms with E-state index in [0.717, 1.165) is 4.90 Å². The Morgan fingerprint density at radius 2 is 1.95 bits per heavy atom. The second-order valence-corrected chi connectivity index (χ2v) is 10.9. The number of cyclic esters (lactones) is 1. The van der Waals surface area contributed by atoms with Crippen LogP contribution in [0.15, 0.2) is 41.0 Å². The zero-order valence-corrected chi connectivity index (χ0v) is 23.8. The number of carbonyl (C=O) groups is 5. The lowest BCUT2D eigenvalue weighted by Crippen LogP contribution is -2.48. The Labute approximate surface area is 231 Å². The first-order valence-electron chi connectivity index (χ1n) is 12.1. The largest absolute Gasteiger partial charge is 0.456 e. The molecule has 38 heavy (non-hydrogen) atoms. The van der Waals surface area contributed by atoms with E-state index >= 15 is 0 Å². The molecule has 2 rings (SSSR count). The number of carbonyl (C=O) groups excluding carboxylic acids is 5. The molecule has 3 amide bonds. The number of allylic oxidation sites excluding steroid dienone is 2. The molecule has 0 radical (unpaired) electrons. The topological polar surface area (TPSA) is 144 Å². The Hall–Kier alpha value is -3.12. The van der Waals surface area contributed by atoms with Crippen LogP contribution in [-0.4, -0.2) is 57.9 Å². The highest BCUT2D eigenvalue weighted by Crippen LogP contribution is 2.18. The molecular weight excluding hydrogens is 528 g/mol. The summed E-state index contributed by atoms with van der Waals surface area (Å²) in [5.74, 6) is -2.13. The molecule has 0 saturated heterocycles. The van der Waals surface area contributed by atoms with E-state index in [1.54, 1.807) is 45.1 Å². The Bertz CT molecular complexity index is 1120. The van der Waals surface area contributed by atoms with Crippen molar-refractivity contribution in [2.75, 3.05) is 12.0 Å². The number of fused-ring (bicyclic) bond motifs is 2. The van der Waals surface area contributed by atoms with E-state index in [1.165, 1.54) is 36.5 Å². The van der Waals surface area contributed by atoms with Gasteiger partial charge in [-0.05, 0) is 43.7 Å². The molecule has 2 bridgehead atoms. The van der Waals surface area contributed by atoms with Gasteiger partial charge in [0.25, 0.3) is 11.8 Å². The maximum absolute atomic E-state index is 13.1. The van der Waals surface area contributed by atoms with Gasteiger partial charge in [-0.3, -0.25) is 19.2 Å². The second kappa shape index (κ2) is 15.3. The van der Waals surface area contributed by atoms with Crippen molar-refractivity contribution in [2.45, 2.75) is 64.1 Å². The molecule has 0 saturated carbocycles. The van der Waals surface area contributed by atoms with Crippen LogP contribution < -0.4 is 16.0 Å². The molecule has 0 fully saturated rings. The summed E-state index contributed by atoms with van der Waals surface area (Å²) >= 11 is 2.59. The molecule has 12 heteroatoms. The molecule has 1 aromatic rings. The highest BCUT2D eigenvalue weighted by Gasteiger charge is 2.30. The number of rotatable bonds is 6. The van der Waals surface area contributed by atoms with Crippen molar-refractivity contribution in [3.05, 3.63) is 47.4 Å². The van der Waals surface area contributed by atoms with Gasteiger partial charge in [-0.25, -0.2) is 9.78 Å². The summed E-state index contributed by atoms with van der Waals surface area (Å²) in [4.78, 5) is 68.0. The maximum atomic E-state index is 13.1. The van der Waals surface area contributed by atoms with Crippen LogP contribution >= 0.6 is 23.5 Å². The van der Waals surface area contributed by atoms with Gasteiger partial charge in [-0.15, -0.1) is 11.8 Å². The SMILES string of the molecule is C/C=C1\NC(=O)c2cc(SC)cc(n2)CNC(=O)C[C@@H](/C=C/CCSC(C)=O)OC(=O)[C@H](C(C)C)NC1=O. The van der Waals surface area contributed by atoms with Crippen molar-refractivity contribution in [2.24, 2.45) is 5.92 Å². The van der Waals surface area contributed by atoms with Crippen LogP contribution in [0, 0.1) is 5.92 Å². The minimum atomic E-state index is -1.03. The number of esters is 1. The van der Waals surface area contributed by atoms with Crippen LogP contribution in [0.25, 0.3) is 0 Å². The van der Waals surface area contributed by atoms with Gasteiger partial charge in [-0.1, -0.05) is 37.8 Å². The molecule has 2 atom stereocenters. The molecule has 0 unspecified atom stereocenters. The van der Waals surface area contributed by atoms with Gasteiger partial charge in [0.05, 0.1) is 18.7 Å². The molecule has 206 valence electrons. The van der Waals surface area contributed by atoms with Crippen molar-refractivity contribution in [3.8, 4) is 0 Å². The first-order chi connectivity index (χ1) is 18.0. The van der Waals surface area contributed by atoms with E-state index in [-0.39, 0.29) is 41.3 Å². The van der Waals surface area contributed by atoms with Gasteiger partial charge in [-0.2, -0.15) is 0 Å². The predicted molar refractivity (Wildman–Crippen MR) is 147 cm³/mol. The maximum Gasteiger partial charge on any atom is 0.329 e. The third-order valence-corrected chi connectivity index (χ3v) is 6.92. The quantitative estimate of drug-likeness (QED) is 0.157. The minimum absolute atomic E-state index is 0.00317. The molecule has 0 aliphatic carbocycles. The molecule has 1 aliphatic rings. The highest BCUT2D eigenvalue weighted by molar-refractivity contribution is 8.13. The van der Waals surface area contributed by atoms with E-state index in [9.17, 15) is 24.0 Å². The number of hydrogen-bond acceptors (Lipinski definition) is 9. The van der Waals surface area contributed by atoms with Crippen molar-refractivity contribution >= 4 is 52.3 Å². The van der Waals surface area contributed by atoms with Gasteiger partial charge < -0.3 is 20.7 Å². The van der Waals surface area contributed by atoms with Gasteiger partial charge in [0.2, 0.25) is 5.91 Å². The monoisotopic (exact) mass is 562 g/mol. The summed E-state index contributed by atoms with van der Waals surface area (Å²) in [7, 11) is 0. The minimum Gasteiger partial charge on any atom is -0.456 e. The fraction of sp³-hybridized carbons (Fsp3) is 0.462. The van der Waals surface area contributed by atoms with E-state index < -0.39 is 29.9 Å². The summed E-state index contributed by atoms with van der Waals surface area (Å²) < 4.78 is 5.64. The predicted octanol–water partition coefficient (Wildman–Crippen LogP) is 2.74. The van der Waals surface area contributed by atoms with Gasteiger partial charge in [0.1, 0.15) is 23.5 Å². The average Bonchev–Trinajstić information content (AvgIpc) is 2.87.